The minimum Gasteiger partial charge on any atom is -0.371 e. The standard InChI is InChI=1S/C19H22FN3O/c1-13-5-3-8-18(22-13)21-11-15-9-10-23(12-15)17-7-4-6-16(20)19(17)14(2)24/h3-8,15H,9-12H2,1-2H3,(H,21,22). The number of aryl methyl sites for hydroxylation is 1. The van der Waals surface area contributed by atoms with Gasteiger partial charge >= 0.3 is 0 Å². The number of Topliss-reactive ketones (excluding diaryl/α,β-unsaturated/α-hetero) is 1. The summed E-state index contributed by atoms with van der Waals surface area (Å²) in [4.78, 5) is 18.3. The summed E-state index contributed by atoms with van der Waals surface area (Å²) in [5, 5.41) is 3.37. The molecule has 1 aliphatic rings. The van der Waals surface area contributed by atoms with Crippen LogP contribution in [0.2, 0.25) is 0 Å². The van der Waals surface area contributed by atoms with Crippen LogP contribution in [0, 0.1) is 18.7 Å². The molecule has 5 heteroatoms. The monoisotopic (exact) mass is 327 g/mol. The van der Waals surface area contributed by atoms with Crippen molar-refractivity contribution in [2.75, 3.05) is 29.9 Å². The van der Waals surface area contributed by atoms with Gasteiger partial charge in [-0.3, -0.25) is 4.79 Å². The Balaban J connectivity index is 1.66. The molecule has 1 saturated heterocycles. The molecule has 1 atom stereocenters. The van der Waals surface area contributed by atoms with Gasteiger partial charge < -0.3 is 10.2 Å². The molecule has 0 amide bonds. The van der Waals surface area contributed by atoms with Crippen LogP contribution < -0.4 is 10.2 Å². The Morgan fingerprint density at radius 3 is 2.88 bits per heavy atom. The van der Waals surface area contributed by atoms with E-state index in [1.165, 1.54) is 13.0 Å². The molecule has 0 spiro atoms. The van der Waals surface area contributed by atoms with Gasteiger partial charge in [0.25, 0.3) is 0 Å². The summed E-state index contributed by atoms with van der Waals surface area (Å²) in [7, 11) is 0. The first kappa shape index (κ1) is 16.4. The summed E-state index contributed by atoms with van der Waals surface area (Å²) in [5.41, 5.74) is 1.89. The lowest BCUT2D eigenvalue weighted by atomic mass is 10.1. The van der Waals surface area contributed by atoms with E-state index in [4.69, 9.17) is 0 Å². The third-order valence-corrected chi connectivity index (χ3v) is 4.43. The van der Waals surface area contributed by atoms with E-state index in [1.54, 1.807) is 6.07 Å². The lowest BCUT2D eigenvalue weighted by Crippen LogP contribution is -2.24. The summed E-state index contributed by atoms with van der Waals surface area (Å²) in [6.45, 7) is 5.84. The molecule has 2 heterocycles. The van der Waals surface area contributed by atoms with Crippen molar-refractivity contribution < 1.29 is 9.18 Å². The number of halogens is 1. The first-order valence-electron chi connectivity index (χ1n) is 8.26. The Morgan fingerprint density at radius 2 is 2.12 bits per heavy atom. The summed E-state index contributed by atoms with van der Waals surface area (Å²) in [6.07, 6.45) is 1.01. The maximum Gasteiger partial charge on any atom is 0.164 e. The maximum absolute atomic E-state index is 14.0. The number of carbonyl (C=O) groups is 1. The molecule has 3 rings (SSSR count). The number of anilines is 2. The van der Waals surface area contributed by atoms with E-state index in [0.29, 0.717) is 11.6 Å². The summed E-state index contributed by atoms with van der Waals surface area (Å²) in [5.74, 6) is 0.651. The van der Waals surface area contributed by atoms with Crippen molar-refractivity contribution in [3.63, 3.8) is 0 Å². The number of nitrogens with one attached hydrogen (secondary N) is 1. The molecule has 24 heavy (non-hydrogen) atoms. The van der Waals surface area contributed by atoms with Gasteiger partial charge in [-0.05, 0) is 50.5 Å². The highest BCUT2D eigenvalue weighted by atomic mass is 19.1. The summed E-state index contributed by atoms with van der Waals surface area (Å²) < 4.78 is 14.0. The zero-order chi connectivity index (χ0) is 17.1. The van der Waals surface area contributed by atoms with Crippen molar-refractivity contribution in [1.29, 1.82) is 0 Å². The number of rotatable bonds is 5. The first-order valence-corrected chi connectivity index (χ1v) is 8.26. The second-order valence-corrected chi connectivity index (χ2v) is 6.34. The molecule has 1 unspecified atom stereocenters. The number of nitrogens with zero attached hydrogens (tertiary/aromatic N) is 2. The lowest BCUT2D eigenvalue weighted by molar-refractivity contribution is 0.101. The van der Waals surface area contributed by atoms with Crippen molar-refractivity contribution in [1.82, 2.24) is 4.98 Å². The third-order valence-electron chi connectivity index (χ3n) is 4.43. The smallest absolute Gasteiger partial charge is 0.164 e. The van der Waals surface area contributed by atoms with E-state index in [0.717, 1.165) is 37.6 Å². The Hall–Kier alpha value is -2.43. The maximum atomic E-state index is 14.0. The molecule has 1 aromatic heterocycles. The van der Waals surface area contributed by atoms with Gasteiger partial charge in [0, 0.05) is 25.3 Å². The van der Waals surface area contributed by atoms with Gasteiger partial charge in [-0.2, -0.15) is 0 Å². The zero-order valence-electron chi connectivity index (χ0n) is 14.1. The van der Waals surface area contributed by atoms with Crippen LogP contribution in [0.25, 0.3) is 0 Å². The van der Waals surface area contributed by atoms with E-state index >= 15 is 0 Å². The van der Waals surface area contributed by atoms with Crippen LogP contribution >= 0.6 is 0 Å². The molecular weight excluding hydrogens is 305 g/mol. The summed E-state index contributed by atoms with van der Waals surface area (Å²) in [6, 6.07) is 10.8. The van der Waals surface area contributed by atoms with Crippen LogP contribution in [0.5, 0.6) is 0 Å². The van der Waals surface area contributed by atoms with Crippen molar-refractivity contribution >= 4 is 17.3 Å². The number of ketones is 1. The second kappa shape index (κ2) is 6.99. The Morgan fingerprint density at radius 1 is 1.33 bits per heavy atom. The molecule has 1 N–H and O–H groups in total. The SMILES string of the molecule is CC(=O)c1c(F)cccc1N1CCC(CNc2cccc(C)n2)C1. The molecule has 2 aromatic rings. The number of hydrogen-bond acceptors (Lipinski definition) is 4. The Kier molecular flexibility index (Phi) is 4.79. The number of benzene rings is 1. The minimum atomic E-state index is -0.439. The largest absolute Gasteiger partial charge is 0.371 e. The van der Waals surface area contributed by atoms with E-state index in [2.05, 4.69) is 15.2 Å². The molecule has 1 fully saturated rings. The fourth-order valence-electron chi connectivity index (χ4n) is 3.23. The van der Waals surface area contributed by atoms with E-state index in [9.17, 15) is 9.18 Å². The zero-order valence-corrected chi connectivity index (χ0v) is 14.1. The van der Waals surface area contributed by atoms with E-state index in [1.807, 2.05) is 31.2 Å². The minimum absolute atomic E-state index is 0.200. The Labute approximate surface area is 141 Å². The molecule has 126 valence electrons. The number of hydrogen-bond donors (Lipinski definition) is 1. The van der Waals surface area contributed by atoms with Crippen LogP contribution in [0.3, 0.4) is 0 Å². The van der Waals surface area contributed by atoms with Crippen molar-refractivity contribution in [2.24, 2.45) is 5.92 Å². The normalized spacial score (nSPS) is 17.1. The Bertz CT molecular complexity index is 747. The van der Waals surface area contributed by atoms with E-state index < -0.39 is 5.82 Å². The second-order valence-electron chi connectivity index (χ2n) is 6.34. The quantitative estimate of drug-likeness (QED) is 0.851. The highest BCUT2D eigenvalue weighted by molar-refractivity contribution is 6.00. The highest BCUT2D eigenvalue weighted by Gasteiger charge is 2.26. The summed E-state index contributed by atoms with van der Waals surface area (Å²) >= 11 is 0. The lowest BCUT2D eigenvalue weighted by Gasteiger charge is -2.21. The van der Waals surface area contributed by atoms with Crippen LogP contribution in [0.4, 0.5) is 15.9 Å². The van der Waals surface area contributed by atoms with Gasteiger partial charge in [0.15, 0.2) is 5.78 Å². The molecule has 0 saturated carbocycles. The molecule has 0 aliphatic carbocycles. The van der Waals surface area contributed by atoms with Crippen LogP contribution in [-0.2, 0) is 0 Å². The van der Waals surface area contributed by atoms with Gasteiger partial charge in [0.05, 0.1) is 11.3 Å². The van der Waals surface area contributed by atoms with Crippen molar-refractivity contribution in [3.05, 3.63) is 53.5 Å². The average Bonchev–Trinajstić information content (AvgIpc) is 3.01. The van der Waals surface area contributed by atoms with Crippen LogP contribution in [0.15, 0.2) is 36.4 Å². The topological polar surface area (TPSA) is 45.2 Å². The van der Waals surface area contributed by atoms with Crippen LogP contribution in [0.1, 0.15) is 29.4 Å². The molecule has 0 bridgehead atoms. The van der Waals surface area contributed by atoms with Crippen molar-refractivity contribution in [3.8, 4) is 0 Å². The number of pyridine rings is 1. The fourth-order valence-corrected chi connectivity index (χ4v) is 3.23. The average molecular weight is 327 g/mol. The molecule has 4 nitrogen and oxygen atoms in total. The first-order chi connectivity index (χ1) is 11.5. The van der Waals surface area contributed by atoms with E-state index in [-0.39, 0.29) is 11.3 Å². The van der Waals surface area contributed by atoms with Gasteiger partial charge in [0.1, 0.15) is 11.6 Å². The van der Waals surface area contributed by atoms with Gasteiger partial charge in [-0.1, -0.05) is 12.1 Å². The van der Waals surface area contributed by atoms with Gasteiger partial charge in [-0.25, -0.2) is 9.37 Å². The predicted molar refractivity (Wildman–Crippen MR) is 94.2 cm³/mol. The predicted octanol–water partition coefficient (Wildman–Crippen LogP) is 3.67. The van der Waals surface area contributed by atoms with Gasteiger partial charge in [0.2, 0.25) is 0 Å². The molecule has 0 radical (unpaired) electrons. The number of aromatic nitrogens is 1. The van der Waals surface area contributed by atoms with Gasteiger partial charge in [-0.15, -0.1) is 0 Å². The fraction of sp³-hybridized carbons (Fsp3) is 0.368. The molecular formula is C19H22FN3O. The van der Waals surface area contributed by atoms with Crippen molar-refractivity contribution in [2.45, 2.75) is 20.3 Å². The molecule has 1 aliphatic heterocycles. The number of carbonyl (C=O) groups excluding carboxylic acids is 1. The van der Waals surface area contributed by atoms with Crippen LogP contribution in [-0.4, -0.2) is 30.4 Å². The highest BCUT2D eigenvalue weighted by Crippen LogP contribution is 2.29. The third kappa shape index (κ3) is 3.55. The molecule has 1 aromatic carbocycles.